The molecule has 22 heavy (non-hydrogen) atoms. The minimum Gasteiger partial charge on any atom is -0.423 e. The minimum absolute atomic E-state index is 0.436. The van der Waals surface area contributed by atoms with Crippen molar-refractivity contribution in [2.75, 3.05) is 0 Å². The lowest BCUT2D eigenvalue weighted by molar-refractivity contribution is 0.0736. The molecule has 3 aromatic rings. The van der Waals surface area contributed by atoms with Crippen LogP contribution in [0.2, 0.25) is 5.02 Å². The van der Waals surface area contributed by atoms with Crippen molar-refractivity contribution >= 4 is 28.6 Å². The Balaban J connectivity index is 2.05. The number of aryl methyl sites for hydroxylation is 3. The van der Waals surface area contributed by atoms with E-state index in [0.29, 0.717) is 27.4 Å². The van der Waals surface area contributed by atoms with Crippen molar-refractivity contribution in [3.63, 3.8) is 0 Å². The van der Waals surface area contributed by atoms with Gasteiger partial charge in [-0.25, -0.2) is 9.78 Å². The summed E-state index contributed by atoms with van der Waals surface area (Å²) in [4.78, 5) is 16.9. The van der Waals surface area contributed by atoms with E-state index in [1.807, 2.05) is 13.8 Å². The maximum absolute atomic E-state index is 12.5. The second-order valence-electron chi connectivity index (χ2n) is 5.06. The Morgan fingerprint density at radius 2 is 1.91 bits per heavy atom. The molecule has 0 bridgehead atoms. The van der Waals surface area contributed by atoms with E-state index in [0.717, 1.165) is 11.4 Å². The zero-order valence-corrected chi connectivity index (χ0v) is 13.2. The molecule has 0 atom stereocenters. The van der Waals surface area contributed by atoms with Crippen LogP contribution in [0.25, 0.3) is 11.0 Å². The summed E-state index contributed by atoms with van der Waals surface area (Å²) in [6.45, 7) is 3.68. The highest BCUT2D eigenvalue weighted by molar-refractivity contribution is 6.30. The molecule has 3 rings (SSSR count). The molecule has 5 nitrogen and oxygen atoms in total. The number of hydrogen-bond acceptors (Lipinski definition) is 4. The summed E-state index contributed by atoms with van der Waals surface area (Å²) in [6.07, 6.45) is 0. The van der Waals surface area contributed by atoms with E-state index < -0.39 is 5.97 Å². The zero-order chi connectivity index (χ0) is 15.9. The van der Waals surface area contributed by atoms with Crippen molar-refractivity contribution in [2.45, 2.75) is 13.8 Å². The number of halogens is 1. The summed E-state index contributed by atoms with van der Waals surface area (Å²) in [6, 6.07) is 8.37. The number of benzene rings is 1. The van der Waals surface area contributed by atoms with E-state index in [1.165, 1.54) is 0 Å². The fourth-order valence-corrected chi connectivity index (χ4v) is 2.52. The van der Waals surface area contributed by atoms with Crippen molar-refractivity contribution in [3.8, 4) is 5.75 Å². The summed E-state index contributed by atoms with van der Waals surface area (Å²) in [7, 11) is 1.80. The molecular weight excluding hydrogens is 302 g/mol. The molecule has 0 saturated heterocycles. The Labute approximate surface area is 132 Å². The number of ether oxygens (including phenoxy) is 1. The first kappa shape index (κ1) is 14.5. The lowest BCUT2D eigenvalue weighted by Gasteiger charge is -2.07. The Morgan fingerprint density at radius 3 is 2.59 bits per heavy atom. The number of pyridine rings is 1. The first-order valence-electron chi connectivity index (χ1n) is 6.74. The van der Waals surface area contributed by atoms with Crippen LogP contribution in [0.15, 0.2) is 30.3 Å². The monoisotopic (exact) mass is 315 g/mol. The molecule has 0 N–H and O–H groups in total. The Kier molecular flexibility index (Phi) is 3.58. The molecule has 6 heteroatoms. The molecule has 0 spiro atoms. The topological polar surface area (TPSA) is 57.0 Å². The maximum Gasteiger partial charge on any atom is 0.344 e. The quantitative estimate of drug-likeness (QED) is 0.537. The van der Waals surface area contributed by atoms with Gasteiger partial charge in [-0.15, -0.1) is 0 Å². The predicted molar refractivity (Wildman–Crippen MR) is 84.4 cm³/mol. The number of carbonyl (C=O) groups is 1. The van der Waals surface area contributed by atoms with Gasteiger partial charge in [0.05, 0.1) is 16.6 Å². The number of hydrogen-bond donors (Lipinski definition) is 0. The van der Waals surface area contributed by atoms with Crippen LogP contribution in [0.5, 0.6) is 5.75 Å². The summed E-state index contributed by atoms with van der Waals surface area (Å²) >= 11 is 5.83. The largest absolute Gasteiger partial charge is 0.423 e. The number of aromatic nitrogens is 3. The van der Waals surface area contributed by atoms with E-state index >= 15 is 0 Å². The molecule has 0 aliphatic rings. The molecule has 0 aliphatic carbocycles. The zero-order valence-electron chi connectivity index (χ0n) is 12.4. The second kappa shape index (κ2) is 5.42. The van der Waals surface area contributed by atoms with Gasteiger partial charge in [-0.1, -0.05) is 11.6 Å². The molecule has 2 heterocycles. The molecule has 0 fully saturated rings. The fourth-order valence-electron chi connectivity index (χ4n) is 2.40. The molecule has 0 aliphatic heterocycles. The van der Waals surface area contributed by atoms with Crippen LogP contribution in [-0.4, -0.2) is 20.7 Å². The number of rotatable bonds is 2. The molecule has 0 saturated carbocycles. The lowest BCUT2D eigenvalue weighted by atomic mass is 10.1. The van der Waals surface area contributed by atoms with Crippen LogP contribution in [0.4, 0.5) is 0 Å². The van der Waals surface area contributed by atoms with Crippen molar-refractivity contribution in [1.29, 1.82) is 0 Å². The van der Waals surface area contributed by atoms with E-state index in [4.69, 9.17) is 16.3 Å². The highest BCUT2D eigenvalue weighted by Gasteiger charge is 2.19. The van der Waals surface area contributed by atoms with Crippen molar-refractivity contribution in [2.24, 2.45) is 7.05 Å². The van der Waals surface area contributed by atoms with Crippen LogP contribution in [0, 0.1) is 13.8 Å². The van der Waals surface area contributed by atoms with Gasteiger partial charge in [0.1, 0.15) is 5.75 Å². The van der Waals surface area contributed by atoms with Crippen LogP contribution in [0.1, 0.15) is 21.7 Å². The SMILES string of the molecule is Cc1cc(C(=O)Oc2ccc(Cl)cc2)c2c(C)nn(C)c2n1. The molecule has 1 aromatic carbocycles. The predicted octanol–water partition coefficient (Wildman–Crippen LogP) is 3.46. The third kappa shape index (κ3) is 2.55. The van der Waals surface area contributed by atoms with Gasteiger partial charge in [0.15, 0.2) is 5.65 Å². The van der Waals surface area contributed by atoms with E-state index in [9.17, 15) is 4.79 Å². The average molecular weight is 316 g/mol. The highest BCUT2D eigenvalue weighted by atomic mass is 35.5. The maximum atomic E-state index is 12.5. The van der Waals surface area contributed by atoms with Crippen molar-refractivity contribution in [1.82, 2.24) is 14.8 Å². The second-order valence-corrected chi connectivity index (χ2v) is 5.50. The molecule has 0 amide bonds. The Bertz CT molecular complexity index is 869. The normalized spacial score (nSPS) is 10.9. The number of carbonyl (C=O) groups excluding carboxylic acids is 1. The molecule has 2 aromatic heterocycles. The first-order valence-corrected chi connectivity index (χ1v) is 7.12. The Morgan fingerprint density at radius 1 is 1.23 bits per heavy atom. The van der Waals surface area contributed by atoms with E-state index in [2.05, 4.69) is 10.1 Å². The number of nitrogens with zero attached hydrogens (tertiary/aromatic N) is 3. The number of fused-ring (bicyclic) bond motifs is 1. The highest BCUT2D eigenvalue weighted by Crippen LogP contribution is 2.24. The van der Waals surface area contributed by atoms with Gasteiger partial charge in [0.2, 0.25) is 0 Å². The van der Waals surface area contributed by atoms with Gasteiger partial charge < -0.3 is 4.74 Å². The number of esters is 1. The summed E-state index contributed by atoms with van der Waals surface area (Å²) in [5.41, 5.74) is 2.61. The summed E-state index contributed by atoms with van der Waals surface area (Å²) < 4.78 is 7.08. The van der Waals surface area contributed by atoms with Crippen molar-refractivity contribution in [3.05, 3.63) is 52.3 Å². The minimum atomic E-state index is -0.436. The molecule has 0 unspecified atom stereocenters. The van der Waals surface area contributed by atoms with Gasteiger partial charge in [-0.05, 0) is 44.2 Å². The summed E-state index contributed by atoms with van der Waals surface area (Å²) in [5.74, 6) is 0.00693. The molecular formula is C16H14ClN3O2. The van der Waals surface area contributed by atoms with E-state index in [-0.39, 0.29) is 0 Å². The average Bonchev–Trinajstić information content (AvgIpc) is 2.75. The van der Waals surface area contributed by atoms with Crippen LogP contribution >= 0.6 is 11.6 Å². The van der Waals surface area contributed by atoms with Crippen LogP contribution in [0.3, 0.4) is 0 Å². The third-order valence-corrected chi connectivity index (χ3v) is 3.59. The summed E-state index contributed by atoms with van der Waals surface area (Å²) in [5, 5.41) is 5.62. The first-order chi connectivity index (χ1) is 10.5. The van der Waals surface area contributed by atoms with E-state index in [1.54, 1.807) is 42.1 Å². The van der Waals surface area contributed by atoms with Crippen LogP contribution in [-0.2, 0) is 7.05 Å². The standard InChI is InChI=1S/C16H14ClN3O2/c1-9-8-13(14-10(2)19-20(3)15(14)18-9)16(21)22-12-6-4-11(17)5-7-12/h4-8H,1-3H3. The fraction of sp³-hybridized carbons (Fsp3) is 0.188. The van der Waals surface area contributed by atoms with Crippen molar-refractivity contribution < 1.29 is 9.53 Å². The van der Waals surface area contributed by atoms with Crippen LogP contribution < -0.4 is 4.74 Å². The van der Waals surface area contributed by atoms with Gasteiger partial charge in [0.25, 0.3) is 0 Å². The van der Waals surface area contributed by atoms with Gasteiger partial charge in [-0.3, -0.25) is 4.68 Å². The lowest BCUT2D eigenvalue weighted by Crippen LogP contribution is -2.10. The molecule has 112 valence electrons. The van der Waals surface area contributed by atoms with Gasteiger partial charge >= 0.3 is 5.97 Å². The smallest absolute Gasteiger partial charge is 0.344 e. The third-order valence-electron chi connectivity index (χ3n) is 3.34. The van der Waals surface area contributed by atoms with Gasteiger partial charge in [-0.2, -0.15) is 5.10 Å². The molecule has 0 radical (unpaired) electrons. The van der Waals surface area contributed by atoms with Gasteiger partial charge in [0, 0.05) is 17.8 Å². The Hall–Kier alpha value is -2.40.